The third-order valence-corrected chi connectivity index (χ3v) is 5.32. The fraction of sp³-hybridized carbons (Fsp3) is 0.136. The van der Waals surface area contributed by atoms with E-state index in [0.717, 1.165) is 20.4 Å². The minimum atomic E-state index is -0.226. The van der Waals surface area contributed by atoms with Crippen molar-refractivity contribution in [3.63, 3.8) is 0 Å². The van der Waals surface area contributed by atoms with Crippen LogP contribution in [-0.2, 0) is 0 Å². The van der Waals surface area contributed by atoms with Crippen LogP contribution in [0.15, 0.2) is 83.1 Å². The second-order valence-corrected chi connectivity index (χ2v) is 7.06. The first-order chi connectivity index (χ1) is 13.2. The Morgan fingerprint density at radius 2 is 1.70 bits per heavy atom. The number of nitriles is 2. The maximum Gasteiger partial charge on any atom is 0.175 e. The normalized spacial score (nSPS) is 17.2. The topological polar surface area (TPSA) is 63.2 Å². The molecule has 1 unspecified atom stereocenters. The lowest BCUT2D eigenvalue weighted by molar-refractivity contribution is 0.366. The van der Waals surface area contributed by atoms with E-state index in [2.05, 4.69) is 57.9 Å². The average molecular weight is 464 g/mol. The van der Waals surface area contributed by atoms with Crippen molar-refractivity contribution < 1.29 is 0 Å². The highest BCUT2D eigenvalue weighted by atomic mass is 127. The van der Waals surface area contributed by atoms with Crippen LogP contribution in [0, 0.1) is 22.7 Å². The van der Waals surface area contributed by atoms with Crippen LogP contribution in [0.5, 0.6) is 0 Å². The van der Waals surface area contributed by atoms with Crippen LogP contribution in [-0.4, -0.2) is 23.2 Å². The lowest BCUT2D eigenvalue weighted by Crippen LogP contribution is -2.42. The van der Waals surface area contributed by atoms with Gasteiger partial charge in [-0.15, -0.1) is 0 Å². The van der Waals surface area contributed by atoms with E-state index < -0.39 is 0 Å². The Bertz CT molecular complexity index is 992. The highest BCUT2D eigenvalue weighted by Gasteiger charge is 2.31. The predicted octanol–water partition coefficient (Wildman–Crippen LogP) is 4.91. The van der Waals surface area contributed by atoms with E-state index >= 15 is 0 Å². The highest BCUT2D eigenvalue weighted by Crippen LogP contribution is 2.30. The molecule has 5 heteroatoms. The number of benzene rings is 2. The highest BCUT2D eigenvalue weighted by molar-refractivity contribution is 14.1. The van der Waals surface area contributed by atoms with Crippen LogP contribution in [0.4, 0.5) is 0 Å². The molecular formula is C22H17IN4. The summed E-state index contributed by atoms with van der Waals surface area (Å²) in [7, 11) is 0. The molecule has 0 bridgehead atoms. The number of hydrogen-bond acceptors (Lipinski definition) is 4. The summed E-state index contributed by atoms with van der Waals surface area (Å²) in [6.45, 7) is 2.58. The Labute approximate surface area is 172 Å². The van der Waals surface area contributed by atoms with Crippen LogP contribution < -0.4 is 0 Å². The number of allylic oxidation sites excluding steroid dienone is 2. The Balaban J connectivity index is 2.17. The van der Waals surface area contributed by atoms with Crippen molar-refractivity contribution in [1.82, 2.24) is 4.90 Å². The molecule has 0 amide bonds. The molecule has 27 heavy (non-hydrogen) atoms. The third kappa shape index (κ3) is 3.94. The zero-order chi connectivity index (χ0) is 19.2. The van der Waals surface area contributed by atoms with E-state index in [4.69, 9.17) is 0 Å². The summed E-state index contributed by atoms with van der Waals surface area (Å²) in [5, 5.41) is 19.1. The van der Waals surface area contributed by atoms with Gasteiger partial charge in [-0.3, -0.25) is 0 Å². The molecule has 4 nitrogen and oxygen atoms in total. The van der Waals surface area contributed by atoms with Gasteiger partial charge in [0.25, 0.3) is 0 Å². The summed E-state index contributed by atoms with van der Waals surface area (Å²) < 4.78 is 1.07. The Morgan fingerprint density at radius 3 is 2.26 bits per heavy atom. The van der Waals surface area contributed by atoms with Crippen molar-refractivity contribution in [2.24, 2.45) is 4.99 Å². The molecule has 0 N–H and O–H groups in total. The molecule has 1 atom stereocenters. The van der Waals surface area contributed by atoms with Crippen molar-refractivity contribution >= 4 is 31.9 Å². The van der Waals surface area contributed by atoms with Crippen molar-refractivity contribution in [3.05, 3.63) is 89.3 Å². The van der Waals surface area contributed by atoms with Gasteiger partial charge in [0, 0.05) is 10.1 Å². The zero-order valence-electron chi connectivity index (χ0n) is 14.8. The largest absolute Gasteiger partial charge is 0.349 e. The monoisotopic (exact) mass is 464 g/mol. The molecule has 3 rings (SSSR count). The van der Waals surface area contributed by atoms with Crippen molar-refractivity contribution in [1.29, 1.82) is 10.5 Å². The molecule has 0 radical (unpaired) electrons. The third-order valence-electron chi connectivity index (χ3n) is 4.34. The van der Waals surface area contributed by atoms with Crippen LogP contribution in [0.3, 0.4) is 0 Å². The van der Waals surface area contributed by atoms with Gasteiger partial charge in [-0.1, -0.05) is 60.7 Å². The average Bonchev–Trinajstić information content (AvgIpc) is 2.74. The van der Waals surface area contributed by atoms with Crippen LogP contribution in [0.25, 0.3) is 3.58 Å². The fourth-order valence-corrected chi connectivity index (χ4v) is 3.76. The molecule has 0 saturated carbocycles. The molecule has 2 aromatic carbocycles. The number of nitrogens with zero attached hydrogens (tertiary/aromatic N) is 4. The number of hydrogen-bond donors (Lipinski definition) is 0. The second-order valence-electron chi connectivity index (χ2n) is 5.90. The smallest absolute Gasteiger partial charge is 0.175 e. The van der Waals surface area contributed by atoms with Gasteiger partial charge in [-0.05, 0) is 46.7 Å². The van der Waals surface area contributed by atoms with Crippen molar-refractivity contribution in [2.75, 3.05) is 6.54 Å². The SMILES string of the molecule is CCN1C(C#N)=C(C#N)N=C(c2ccccc2)C1/C=C(/I)c1ccccc1. The number of halogens is 1. The van der Waals surface area contributed by atoms with E-state index in [9.17, 15) is 10.5 Å². The van der Waals surface area contributed by atoms with Crippen molar-refractivity contribution in [3.8, 4) is 12.1 Å². The first-order valence-corrected chi connectivity index (χ1v) is 9.65. The quantitative estimate of drug-likeness (QED) is 0.604. The van der Waals surface area contributed by atoms with Gasteiger partial charge in [0.2, 0.25) is 0 Å². The fourth-order valence-electron chi connectivity index (χ4n) is 3.06. The maximum atomic E-state index is 9.63. The molecule has 132 valence electrons. The lowest BCUT2D eigenvalue weighted by atomic mass is 9.97. The van der Waals surface area contributed by atoms with Crippen LogP contribution >= 0.6 is 22.6 Å². The molecule has 0 spiro atoms. The molecule has 1 aliphatic heterocycles. The summed E-state index contributed by atoms with van der Waals surface area (Å²) >= 11 is 2.31. The summed E-state index contributed by atoms with van der Waals surface area (Å²) in [6, 6.07) is 23.9. The summed E-state index contributed by atoms with van der Waals surface area (Å²) in [6.07, 6.45) is 2.11. The predicted molar refractivity (Wildman–Crippen MR) is 116 cm³/mol. The Hall–Kier alpha value is -2.90. The molecule has 2 aromatic rings. The number of likely N-dealkylation sites (N-methyl/N-ethyl adjacent to an activating group) is 1. The van der Waals surface area contributed by atoms with Crippen LogP contribution in [0.1, 0.15) is 18.1 Å². The van der Waals surface area contributed by atoms with Gasteiger partial charge in [0.1, 0.15) is 12.1 Å². The Kier molecular flexibility index (Phi) is 6.05. The van der Waals surface area contributed by atoms with Crippen molar-refractivity contribution in [2.45, 2.75) is 13.0 Å². The number of rotatable bonds is 4. The lowest BCUT2D eigenvalue weighted by Gasteiger charge is -2.34. The molecule has 1 heterocycles. The molecule has 0 fully saturated rings. The van der Waals surface area contributed by atoms with E-state index in [0.29, 0.717) is 12.2 Å². The van der Waals surface area contributed by atoms with Gasteiger partial charge in [0.05, 0.1) is 11.8 Å². The van der Waals surface area contributed by atoms with Gasteiger partial charge in [-0.25, -0.2) is 4.99 Å². The van der Waals surface area contributed by atoms with E-state index in [1.807, 2.05) is 60.4 Å². The van der Waals surface area contributed by atoms with Gasteiger partial charge in [0.15, 0.2) is 11.4 Å². The standard InChI is InChI=1S/C22H17IN4/c1-2-27-20(13-18(23)16-9-5-3-6-10-16)22(17-11-7-4-8-12-17)26-19(14-24)21(27)15-25/h3-13,20H,2H2,1H3/b18-13+. The first-order valence-electron chi connectivity index (χ1n) is 8.57. The molecule has 0 aliphatic carbocycles. The molecular weight excluding hydrogens is 447 g/mol. The summed E-state index contributed by atoms with van der Waals surface area (Å²) in [5.74, 6) is 0. The van der Waals surface area contributed by atoms with E-state index in [1.54, 1.807) is 0 Å². The molecule has 0 saturated heterocycles. The Morgan fingerprint density at radius 1 is 1.07 bits per heavy atom. The van der Waals surface area contributed by atoms with E-state index in [-0.39, 0.29) is 11.7 Å². The minimum Gasteiger partial charge on any atom is -0.349 e. The number of aliphatic imine (C=N–C) groups is 1. The molecule has 1 aliphatic rings. The van der Waals surface area contributed by atoms with Gasteiger partial charge < -0.3 is 4.90 Å². The van der Waals surface area contributed by atoms with Crippen LogP contribution in [0.2, 0.25) is 0 Å². The summed E-state index contributed by atoms with van der Waals surface area (Å²) in [5.41, 5.74) is 3.31. The summed E-state index contributed by atoms with van der Waals surface area (Å²) in [4.78, 5) is 6.51. The van der Waals surface area contributed by atoms with Gasteiger partial charge >= 0.3 is 0 Å². The van der Waals surface area contributed by atoms with Gasteiger partial charge in [-0.2, -0.15) is 10.5 Å². The zero-order valence-corrected chi connectivity index (χ0v) is 17.0. The maximum absolute atomic E-state index is 9.63. The minimum absolute atomic E-state index is 0.164. The molecule has 0 aromatic heterocycles. The first kappa shape index (κ1) is 18.9. The van der Waals surface area contributed by atoms with E-state index in [1.165, 1.54) is 0 Å². The second kappa shape index (κ2) is 8.66.